The van der Waals surface area contributed by atoms with E-state index in [9.17, 15) is 5.11 Å². The minimum atomic E-state index is -0.782. The molecule has 3 heteroatoms. The molecule has 0 radical (unpaired) electrons. The molecule has 0 amide bonds. The average molecular weight is 146 g/mol. The van der Waals surface area contributed by atoms with E-state index in [4.69, 9.17) is 5.73 Å². The van der Waals surface area contributed by atoms with E-state index in [1.165, 1.54) is 0 Å². The Hall–Kier alpha value is -0.120. The minimum Gasteiger partial charge on any atom is -0.387 e. The van der Waals surface area contributed by atoms with E-state index in [1.807, 2.05) is 13.8 Å². The first-order valence-electron chi connectivity index (χ1n) is 3.70. The Balaban J connectivity index is 3.78. The van der Waals surface area contributed by atoms with Crippen LogP contribution in [0.15, 0.2) is 0 Å². The summed E-state index contributed by atoms with van der Waals surface area (Å²) >= 11 is 0. The van der Waals surface area contributed by atoms with Crippen molar-refractivity contribution in [1.82, 2.24) is 5.32 Å². The maximum atomic E-state index is 9.54. The van der Waals surface area contributed by atoms with Crippen LogP contribution in [0.1, 0.15) is 20.8 Å². The summed E-state index contributed by atoms with van der Waals surface area (Å²) in [4.78, 5) is 0. The second-order valence-electron chi connectivity index (χ2n) is 2.84. The van der Waals surface area contributed by atoms with Gasteiger partial charge in [-0.25, -0.2) is 0 Å². The first kappa shape index (κ1) is 9.88. The molecule has 0 saturated heterocycles. The molecule has 62 valence electrons. The van der Waals surface area contributed by atoms with Crippen molar-refractivity contribution in [3.05, 3.63) is 0 Å². The monoisotopic (exact) mass is 146 g/mol. The van der Waals surface area contributed by atoms with Crippen LogP contribution in [-0.2, 0) is 0 Å². The second-order valence-corrected chi connectivity index (χ2v) is 2.84. The Labute approximate surface area is 62.6 Å². The predicted molar refractivity (Wildman–Crippen MR) is 42.8 cm³/mol. The first-order valence-corrected chi connectivity index (χ1v) is 3.70. The molecule has 0 aromatic heterocycles. The van der Waals surface area contributed by atoms with E-state index < -0.39 is 5.60 Å². The van der Waals surface area contributed by atoms with Crippen LogP contribution in [0.3, 0.4) is 0 Å². The zero-order valence-electron chi connectivity index (χ0n) is 7.02. The average Bonchev–Trinajstić information content (AvgIpc) is 1.89. The Morgan fingerprint density at radius 1 is 1.70 bits per heavy atom. The van der Waals surface area contributed by atoms with Gasteiger partial charge in [0.1, 0.15) is 0 Å². The lowest BCUT2D eigenvalue weighted by Gasteiger charge is -2.29. The molecule has 2 unspecified atom stereocenters. The number of nitrogens with one attached hydrogen (secondary N) is 1. The molecule has 0 aliphatic heterocycles. The summed E-state index contributed by atoms with van der Waals surface area (Å²) in [6.07, 6.45) is 0. The van der Waals surface area contributed by atoms with Crippen LogP contribution >= 0.6 is 0 Å². The SMILES string of the molecule is CCNC(C)C(C)(O)CN. The molecular weight excluding hydrogens is 128 g/mol. The number of rotatable bonds is 4. The highest BCUT2D eigenvalue weighted by atomic mass is 16.3. The van der Waals surface area contributed by atoms with E-state index in [0.717, 1.165) is 6.54 Å². The highest BCUT2D eigenvalue weighted by molar-refractivity contribution is 4.84. The smallest absolute Gasteiger partial charge is 0.0890 e. The molecule has 0 rings (SSSR count). The van der Waals surface area contributed by atoms with Gasteiger partial charge in [-0.3, -0.25) is 0 Å². The Kier molecular flexibility index (Phi) is 3.86. The largest absolute Gasteiger partial charge is 0.387 e. The van der Waals surface area contributed by atoms with Crippen molar-refractivity contribution in [2.24, 2.45) is 5.73 Å². The molecule has 0 fully saturated rings. The number of aliphatic hydroxyl groups is 1. The summed E-state index contributed by atoms with van der Waals surface area (Å²) < 4.78 is 0. The molecule has 0 aliphatic carbocycles. The van der Waals surface area contributed by atoms with E-state index >= 15 is 0 Å². The quantitative estimate of drug-likeness (QED) is 0.510. The van der Waals surface area contributed by atoms with E-state index in [0.29, 0.717) is 6.54 Å². The molecule has 2 atom stereocenters. The van der Waals surface area contributed by atoms with Gasteiger partial charge in [-0.15, -0.1) is 0 Å². The van der Waals surface area contributed by atoms with Gasteiger partial charge in [-0.2, -0.15) is 0 Å². The fourth-order valence-corrected chi connectivity index (χ4v) is 0.703. The zero-order chi connectivity index (χ0) is 8.20. The Bertz CT molecular complexity index is 93.6. The number of hydrogen-bond donors (Lipinski definition) is 3. The topological polar surface area (TPSA) is 58.3 Å². The van der Waals surface area contributed by atoms with Crippen molar-refractivity contribution >= 4 is 0 Å². The maximum absolute atomic E-state index is 9.54. The maximum Gasteiger partial charge on any atom is 0.0890 e. The lowest BCUT2D eigenvalue weighted by molar-refractivity contribution is 0.0349. The number of likely N-dealkylation sites (N-methyl/N-ethyl adjacent to an activating group) is 1. The van der Waals surface area contributed by atoms with E-state index in [2.05, 4.69) is 5.32 Å². The lowest BCUT2D eigenvalue weighted by atomic mass is 9.98. The van der Waals surface area contributed by atoms with Gasteiger partial charge in [-0.1, -0.05) is 6.92 Å². The molecule has 0 aliphatic rings. The lowest BCUT2D eigenvalue weighted by Crippen LogP contribution is -2.51. The molecule has 0 aromatic rings. The number of nitrogens with two attached hydrogens (primary N) is 1. The van der Waals surface area contributed by atoms with Gasteiger partial charge in [0.2, 0.25) is 0 Å². The van der Waals surface area contributed by atoms with Crippen LogP contribution in [0.5, 0.6) is 0 Å². The van der Waals surface area contributed by atoms with Crippen molar-refractivity contribution in [2.75, 3.05) is 13.1 Å². The van der Waals surface area contributed by atoms with Crippen molar-refractivity contribution in [3.8, 4) is 0 Å². The normalized spacial score (nSPS) is 20.1. The van der Waals surface area contributed by atoms with Crippen LogP contribution in [0.25, 0.3) is 0 Å². The third-order valence-electron chi connectivity index (χ3n) is 1.86. The van der Waals surface area contributed by atoms with Crippen LogP contribution < -0.4 is 11.1 Å². The van der Waals surface area contributed by atoms with Gasteiger partial charge in [0.05, 0.1) is 5.60 Å². The molecule has 3 nitrogen and oxygen atoms in total. The Morgan fingerprint density at radius 2 is 2.20 bits per heavy atom. The van der Waals surface area contributed by atoms with Gasteiger partial charge in [0.15, 0.2) is 0 Å². The molecule has 0 spiro atoms. The minimum absolute atomic E-state index is 0.0579. The molecule has 10 heavy (non-hydrogen) atoms. The van der Waals surface area contributed by atoms with E-state index in [1.54, 1.807) is 6.92 Å². The van der Waals surface area contributed by atoms with Crippen molar-refractivity contribution in [2.45, 2.75) is 32.4 Å². The summed E-state index contributed by atoms with van der Waals surface area (Å²) in [7, 11) is 0. The third-order valence-corrected chi connectivity index (χ3v) is 1.86. The highest BCUT2D eigenvalue weighted by Crippen LogP contribution is 2.05. The Morgan fingerprint density at radius 3 is 2.50 bits per heavy atom. The molecule has 4 N–H and O–H groups in total. The molecule has 0 bridgehead atoms. The summed E-state index contributed by atoms with van der Waals surface area (Å²) in [6.45, 7) is 6.82. The fraction of sp³-hybridized carbons (Fsp3) is 1.00. The van der Waals surface area contributed by atoms with Crippen LogP contribution in [-0.4, -0.2) is 29.8 Å². The van der Waals surface area contributed by atoms with Crippen LogP contribution in [0.2, 0.25) is 0 Å². The summed E-state index contributed by atoms with van der Waals surface area (Å²) in [6, 6.07) is 0.0579. The second kappa shape index (κ2) is 3.91. The predicted octanol–water partition coefficient (Wildman–Crippen LogP) is -0.306. The fourth-order valence-electron chi connectivity index (χ4n) is 0.703. The van der Waals surface area contributed by atoms with Crippen LogP contribution in [0, 0.1) is 0 Å². The van der Waals surface area contributed by atoms with Gasteiger partial charge >= 0.3 is 0 Å². The van der Waals surface area contributed by atoms with E-state index in [-0.39, 0.29) is 6.04 Å². The van der Waals surface area contributed by atoms with Crippen molar-refractivity contribution in [3.63, 3.8) is 0 Å². The first-order chi connectivity index (χ1) is 4.54. The summed E-state index contributed by atoms with van der Waals surface area (Å²) in [5.74, 6) is 0. The standard InChI is InChI=1S/C7H18N2O/c1-4-9-6(2)7(3,10)5-8/h6,9-10H,4-5,8H2,1-3H3. The molecular formula is C7H18N2O. The molecule has 0 saturated carbocycles. The number of hydrogen-bond acceptors (Lipinski definition) is 3. The third kappa shape index (κ3) is 2.64. The van der Waals surface area contributed by atoms with Crippen LogP contribution in [0.4, 0.5) is 0 Å². The summed E-state index contributed by atoms with van der Waals surface area (Å²) in [5, 5.41) is 12.6. The van der Waals surface area contributed by atoms with Gasteiger partial charge < -0.3 is 16.2 Å². The van der Waals surface area contributed by atoms with Gasteiger partial charge in [0, 0.05) is 12.6 Å². The zero-order valence-corrected chi connectivity index (χ0v) is 7.02. The van der Waals surface area contributed by atoms with Gasteiger partial charge in [0.25, 0.3) is 0 Å². The highest BCUT2D eigenvalue weighted by Gasteiger charge is 2.25. The molecule has 0 heterocycles. The molecule has 0 aromatic carbocycles. The van der Waals surface area contributed by atoms with Gasteiger partial charge in [-0.05, 0) is 20.4 Å². The van der Waals surface area contributed by atoms with Crippen molar-refractivity contribution in [1.29, 1.82) is 0 Å². The van der Waals surface area contributed by atoms with Crippen molar-refractivity contribution < 1.29 is 5.11 Å². The summed E-state index contributed by atoms with van der Waals surface area (Å²) in [5.41, 5.74) is 4.57.